The topological polar surface area (TPSA) is 57.0 Å². The first-order valence-electron chi connectivity index (χ1n) is 5.77. The minimum atomic E-state index is -0.351. The second-order valence-corrected chi connectivity index (χ2v) is 4.36. The van der Waals surface area contributed by atoms with Crippen molar-refractivity contribution in [2.45, 2.75) is 45.6 Å². The fraction of sp³-hybridized carbons (Fsp3) is 0.727. The zero-order valence-corrected chi connectivity index (χ0v) is 9.93. The molecule has 5 nitrogen and oxygen atoms in total. The largest absolute Gasteiger partial charge is 0.461 e. The Bertz CT molecular complexity index is 394. The number of esters is 1. The van der Waals surface area contributed by atoms with E-state index >= 15 is 0 Å². The summed E-state index contributed by atoms with van der Waals surface area (Å²) in [6, 6.07) is 0.228. The van der Waals surface area contributed by atoms with Crippen LogP contribution in [0.3, 0.4) is 0 Å². The van der Waals surface area contributed by atoms with E-state index in [2.05, 4.69) is 10.3 Å². The Kier molecular flexibility index (Phi) is 2.94. The molecule has 1 aliphatic carbocycles. The van der Waals surface area contributed by atoms with E-state index in [1.165, 1.54) is 0 Å². The zero-order chi connectivity index (χ0) is 11.7. The number of ether oxygens (including phenoxy) is 1. The number of rotatable bonds is 4. The molecule has 0 spiro atoms. The molecule has 88 valence electrons. The van der Waals surface area contributed by atoms with Gasteiger partial charge in [0.2, 0.25) is 0 Å². The third-order valence-corrected chi connectivity index (χ3v) is 2.65. The van der Waals surface area contributed by atoms with Crippen molar-refractivity contribution in [1.29, 1.82) is 0 Å². The van der Waals surface area contributed by atoms with Crippen molar-refractivity contribution in [1.82, 2.24) is 15.0 Å². The van der Waals surface area contributed by atoms with Gasteiger partial charge in [-0.3, -0.25) is 0 Å². The van der Waals surface area contributed by atoms with Crippen molar-refractivity contribution in [3.8, 4) is 0 Å². The second-order valence-electron chi connectivity index (χ2n) is 4.36. The molecule has 1 aliphatic rings. The third kappa shape index (κ3) is 1.94. The van der Waals surface area contributed by atoms with E-state index < -0.39 is 0 Å². The van der Waals surface area contributed by atoms with Gasteiger partial charge in [-0.15, -0.1) is 5.10 Å². The molecular formula is C11H17N3O2. The van der Waals surface area contributed by atoms with Gasteiger partial charge in [0.05, 0.1) is 12.3 Å². The standard InChI is InChI=1S/C11H17N3O2/c1-4-16-11(15)9-10(8-5-6-8)14(7(2)3)13-12-9/h7-8H,4-6H2,1-3H3. The maximum atomic E-state index is 11.7. The van der Waals surface area contributed by atoms with Crippen molar-refractivity contribution in [3.05, 3.63) is 11.4 Å². The molecule has 0 aromatic carbocycles. The maximum absolute atomic E-state index is 11.7. The van der Waals surface area contributed by atoms with Gasteiger partial charge in [0.1, 0.15) is 0 Å². The molecule has 0 N–H and O–H groups in total. The number of carbonyl (C=O) groups excluding carboxylic acids is 1. The van der Waals surface area contributed by atoms with Gasteiger partial charge in [-0.1, -0.05) is 5.21 Å². The minimum Gasteiger partial charge on any atom is -0.461 e. The van der Waals surface area contributed by atoms with Crippen LogP contribution in [-0.4, -0.2) is 27.6 Å². The number of nitrogens with zero attached hydrogens (tertiary/aromatic N) is 3. The summed E-state index contributed by atoms with van der Waals surface area (Å²) in [6.07, 6.45) is 2.24. The molecule has 2 rings (SSSR count). The monoisotopic (exact) mass is 223 g/mol. The quantitative estimate of drug-likeness (QED) is 0.732. The molecule has 0 aliphatic heterocycles. The summed E-state index contributed by atoms with van der Waals surface area (Å²) in [6.45, 7) is 6.24. The normalized spacial score (nSPS) is 15.5. The Balaban J connectivity index is 2.34. The average Bonchev–Trinajstić information content (AvgIpc) is 2.96. The van der Waals surface area contributed by atoms with Gasteiger partial charge in [-0.25, -0.2) is 9.48 Å². The molecule has 0 unspecified atom stereocenters. The molecule has 1 aromatic rings. The summed E-state index contributed by atoms with van der Waals surface area (Å²) in [4.78, 5) is 11.7. The van der Waals surface area contributed by atoms with Crippen molar-refractivity contribution < 1.29 is 9.53 Å². The van der Waals surface area contributed by atoms with Crippen LogP contribution in [0.2, 0.25) is 0 Å². The van der Waals surface area contributed by atoms with Gasteiger partial charge >= 0.3 is 5.97 Å². The summed E-state index contributed by atoms with van der Waals surface area (Å²) in [5.41, 5.74) is 1.35. The van der Waals surface area contributed by atoms with E-state index in [1.54, 1.807) is 6.92 Å². The summed E-state index contributed by atoms with van der Waals surface area (Å²) in [7, 11) is 0. The molecular weight excluding hydrogens is 206 g/mol. The lowest BCUT2D eigenvalue weighted by molar-refractivity contribution is 0.0518. The average molecular weight is 223 g/mol. The van der Waals surface area contributed by atoms with Crippen LogP contribution < -0.4 is 0 Å². The molecule has 1 saturated carbocycles. The lowest BCUT2D eigenvalue weighted by Crippen LogP contribution is -2.11. The van der Waals surface area contributed by atoms with Crippen LogP contribution in [0.25, 0.3) is 0 Å². The van der Waals surface area contributed by atoms with E-state index in [0.717, 1.165) is 18.5 Å². The first kappa shape index (κ1) is 11.1. The highest BCUT2D eigenvalue weighted by atomic mass is 16.5. The Hall–Kier alpha value is -1.39. The van der Waals surface area contributed by atoms with Gasteiger partial charge in [0.25, 0.3) is 0 Å². The Morgan fingerprint density at radius 1 is 1.56 bits per heavy atom. The molecule has 16 heavy (non-hydrogen) atoms. The SMILES string of the molecule is CCOC(=O)c1nnn(C(C)C)c1C1CC1. The second kappa shape index (κ2) is 4.23. The number of aromatic nitrogens is 3. The van der Waals surface area contributed by atoms with E-state index in [4.69, 9.17) is 4.74 Å². The van der Waals surface area contributed by atoms with Gasteiger partial charge < -0.3 is 4.74 Å². The molecule has 0 amide bonds. The minimum absolute atomic E-state index is 0.228. The van der Waals surface area contributed by atoms with Gasteiger partial charge in [-0.05, 0) is 33.6 Å². The van der Waals surface area contributed by atoms with E-state index in [0.29, 0.717) is 18.2 Å². The van der Waals surface area contributed by atoms with Crippen molar-refractivity contribution >= 4 is 5.97 Å². The third-order valence-electron chi connectivity index (χ3n) is 2.65. The first-order valence-corrected chi connectivity index (χ1v) is 5.77. The first-order chi connectivity index (χ1) is 7.65. The lowest BCUT2D eigenvalue weighted by Gasteiger charge is -2.09. The van der Waals surface area contributed by atoms with Crippen molar-refractivity contribution in [2.24, 2.45) is 0 Å². The van der Waals surface area contributed by atoms with Crippen LogP contribution >= 0.6 is 0 Å². The predicted molar refractivity (Wildman–Crippen MR) is 58.3 cm³/mol. The molecule has 5 heteroatoms. The van der Waals surface area contributed by atoms with Crippen LogP contribution in [0.4, 0.5) is 0 Å². The Morgan fingerprint density at radius 2 is 2.25 bits per heavy atom. The van der Waals surface area contributed by atoms with Gasteiger partial charge in [0.15, 0.2) is 5.69 Å². The highest BCUT2D eigenvalue weighted by Gasteiger charge is 2.34. The molecule has 0 radical (unpaired) electrons. The predicted octanol–water partition coefficient (Wildman–Crippen LogP) is 1.91. The molecule has 1 heterocycles. The van der Waals surface area contributed by atoms with Crippen LogP contribution in [0.5, 0.6) is 0 Å². The van der Waals surface area contributed by atoms with Gasteiger partial charge in [-0.2, -0.15) is 0 Å². The van der Waals surface area contributed by atoms with Crippen LogP contribution in [0.1, 0.15) is 61.8 Å². The summed E-state index contributed by atoms with van der Waals surface area (Å²) in [5.74, 6) is 0.0908. The van der Waals surface area contributed by atoms with Crippen LogP contribution in [-0.2, 0) is 4.74 Å². The molecule has 0 atom stereocenters. The van der Waals surface area contributed by atoms with Crippen molar-refractivity contribution in [2.75, 3.05) is 6.61 Å². The fourth-order valence-electron chi connectivity index (χ4n) is 1.76. The molecule has 0 saturated heterocycles. The van der Waals surface area contributed by atoms with E-state index in [1.807, 2.05) is 18.5 Å². The van der Waals surface area contributed by atoms with Crippen LogP contribution in [0.15, 0.2) is 0 Å². The van der Waals surface area contributed by atoms with E-state index in [9.17, 15) is 4.79 Å². The summed E-state index contributed by atoms with van der Waals surface area (Å²) < 4.78 is 6.82. The Morgan fingerprint density at radius 3 is 2.75 bits per heavy atom. The highest BCUT2D eigenvalue weighted by molar-refractivity contribution is 5.88. The fourth-order valence-corrected chi connectivity index (χ4v) is 1.76. The van der Waals surface area contributed by atoms with Crippen LogP contribution in [0, 0.1) is 0 Å². The zero-order valence-electron chi connectivity index (χ0n) is 9.93. The summed E-state index contributed by atoms with van der Waals surface area (Å²) in [5, 5.41) is 8.00. The lowest BCUT2D eigenvalue weighted by atomic mass is 10.2. The molecule has 1 aromatic heterocycles. The highest BCUT2D eigenvalue weighted by Crippen LogP contribution is 2.42. The van der Waals surface area contributed by atoms with E-state index in [-0.39, 0.29) is 12.0 Å². The molecule has 0 bridgehead atoms. The Labute approximate surface area is 94.8 Å². The number of hydrogen-bond donors (Lipinski definition) is 0. The number of hydrogen-bond acceptors (Lipinski definition) is 4. The van der Waals surface area contributed by atoms with Gasteiger partial charge in [0, 0.05) is 12.0 Å². The van der Waals surface area contributed by atoms with Crippen molar-refractivity contribution in [3.63, 3.8) is 0 Å². The molecule has 1 fully saturated rings. The summed E-state index contributed by atoms with van der Waals surface area (Å²) >= 11 is 0. The maximum Gasteiger partial charge on any atom is 0.360 e. The smallest absolute Gasteiger partial charge is 0.360 e. The number of carbonyl (C=O) groups is 1.